The normalized spacial score (nSPS) is 23.4. The molecule has 0 spiro atoms. The molecule has 2 atom stereocenters. The van der Waals surface area contributed by atoms with E-state index in [9.17, 15) is 9.18 Å². The Labute approximate surface area is 164 Å². The molecule has 2 aliphatic heterocycles. The van der Waals surface area contributed by atoms with E-state index in [0.717, 1.165) is 18.5 Å². The van der Waals surface area contributed by atoms with E-state index < -0.39 is 0 Å². The van der Waals surface area contributed by atoms with Crippen LogP contribution in [0.3, 0.4) is 0 Å². The number of carbonyl (C=O) groups excluding carboxylic acids is 1. The summed E-state index contributed by atoms with van der Waals surface area (Å²) in [5.41, 5.74) is 0.749. The number of amides is 1. The molecule has 4 nitrogen and oxygen atoms in total. The first-order chi connectivity index (χ1) is 12.6. The summed E-state index contributed by atoms with van der Waals surface area (Å²) in [4.78, 5) is 12.3. The summed E-state index contributed by atoms with van der Waals surface area (Å²) in [5, 5.41) is 6.57. The maximum Gasteiger partial charge on any atom is 0.224 e. The second-order valence-corrected chi connectivity index (χ2v) is 7.31. The van der Waals surface area contributed by atoms with Gasteiger partial charge in [-0.15, -0.1) is 12.4 Å². The summed E-state index contributed by atoms with van der Waals surface area (Å²) >= 11 is 0. The Balaban J connectivity index is 0.00000210. The van der Waals surface area contributed by atoms with Crippen molar-refractivity contribution in [2.75, 3.05) is 5.32 Å². The molecule has 2 N–H and O–H groups in total. The highest BCUT2D eigenvalue weighted by atomic mass is 35.5. The summed E-state index contributed by atoms with van der Waals surface area (Å²) in [6.07, 6.45) is 5.27. The maximum atomic E-state index is 13.2. The van der Waals surface area contributed by atoms with Crippen molar-refractivity contribution in [2.45, 2.75) is 44.2 Å². The average molecular weight is 391 g/mol. The van der Waals surface area contributed by atoms with Crippen molar-refractivity contribution in [2.24, 2.45) is 5.92 Å². The quantitative estimate of drug-likeness (QED) is 0.763. The highest BCUT2D eigenvalue weighted by Crippen LogP contribution is 2.33. The highest BCUT2D eigenvalue weighted by molar-refractivity contribution is 5.90. The van der Waals surface area contributed by atoms with E-state index >= 15 is 0 Å². The van der Waals surface area contributed by atoms with Crippen LogP contribution in [0, 0.1) is 11.7 Å². The number of benzene rings is 2. The third-order valence-electron chi connectivity index (χ3n) is 5.21. The number of piperidine rings is 1. The Morgan fingerprint density at radius 3 is 2.44 bits per heavy atom. The first-order valence-electron chi connectivity index (χ1n) is 9.23. The molecule has 144 valence electrons. The van der Waals surface area contributed by atoms with Gasteiger partial charge in [0.15, 0.2) is 0 Å². The maximum absolute atomic E-state index is 13.2. The van der Waals surface area contributed by atoms with Gasteiger partial charge in [-0.3, -0.25) is 4.79 Å². The molecule has 0 aromatic heterocycles. The topological polar surface area (TPSA) is 50.4 Å². The standard InChI is InChI=1S/C21H23FN2O2.ClH/c22-15-2-1-3-20(13-15)26-19-8-6-16(7-9-19)24-21(25)12-14-10-17-4-5-18(11-14)23-17;/h1-3,6-9,13-14,17-18,23H,4-5,10-12H2,(H,24,25);1H. The second-order valence-electron chi connectivity index (χ2n) is 7.31. The molecular formula is C21H24ClFN2O2. The van der Waals surface area contributed by atoms with E-state index in [4.69, 9.17) is 4.74 Å². The van der Waals surface area contributed by atoms with Crippen LogP contribution < -0.4 is 15.4 Å². The fourth-order valence-corrected chi connectivity index (χ4v) is 4.09. The zero-order valence-electron chi connectivity index (χ0n) is 15.0. The molecule has 27 heavy (non-hydrogen) atoms. The Hall–Kier alpha value is -2.11. The largest absolute Gasteiger partial charge is 0.457 e. The van der Waals surface area contributed by atoms with Crippen LogP contribution in [-0.4, -0.2) is 18.0 Å². The van der Waals surface area contributed by atoms with E-state index in [0.29, 0.717) is 35.9 Å². The minimum Gasteiger partial charge on any atom is -0.457 e. The number of hydrogen-bond donors (Lipinski definition) is 2. The molecule has 0 radical (unpaired) electrons. The summed E-state index contributed by atoms with van der Waals surface area (Å²) < 4.78 is 18.8. The van der Waals surface area contributed by atoms with Gasteiger partial charge in [-0.2, -0.15) is 0 Å². The average Bonchev–Trinajstić information content (AvgIpc) is 2.95. The molecule has 2 aromatic carbocycles. The van der Waals surface area contributed by atoms with E-state index in [1.807, 2.05) is 0 Å². The number of rotatable bonds is 5. The Kier molecular flexibility index (Phi) is 6.34. The van der Waals surface area contributed by atoms with Crippen molar-refractivity contribution in [3.63, 3.8) is 0 Å². The lowest BCUT2D eigenvalue weighted by molar-refractivity contribution is -0.117. The fourth-order valence-electron chi connectivity index (χ4n) is 4.09. The van der Waals surface area contributed by atoms with Crippen molar-refractivity contribution in [1.82, 2.24) is 5.32 Å². The molecule has 2 aromatic rings. The molecule has 6 heteroatoms. The summed E-state index contributed by atoms with van der Waals surface area (Å²) in [6.45, 7) is 0. The van der Waals surface area contributed by atoms with E-state index in [2.05, 4.69) is 10.6 Å². The predicted octanol–water partition coefficient (Wildman–Crippen LogP) is 4.90. The Bertz CT molecular complexity index is 772. The molecule has 2 unspecified atom stereocenters. The second kappa shape index (κ2) is 8.72. The molecule has 0 aliphatic carbocycles. The minimum absolute atomic E-state index is 0. The van der Waals surface area contributed by atoms with Gasteiger partial charge >= 0.3 is 0 Å². The number of nitrogens with one attached hydrogen (secondary N) is 2. The van der Waals surface area contributed by atoms with Crippen LogP contribution in [0.15, 0.2) is 48.5 Å². The molecule has 2 heterocycles. The first-order valence-corrected chi connectivity index (χ1v) is 9.23. The Morgan fingerprint density at radius 2 is 1.78 bits per heavy atom. The predicted molar refractivity (Wildman–Crippen MR) is 106 cm³/mol. The van der Waals surface area contributed by atoms with Crippen molar-refractivity contribution in [3.8, 4) is 11.5 Å². The number of ether oxygens (including phenoxy) is 1. The third kappa shape index (κ3) is 5.21. The Morgan fingerprint density at radius 1 is 1.07 bits per heavy atom. The smallest absolute Gasteiger partial charge is 0.224 e. The summed E-state index contributed by atoms with van der Waals surface area (Å²) in [6, 6.07) is 14.4. The molecule has 0 saturated carbocycles. The fraction of sp³-hybridized carbons (Fsp3) is 0.381. The van der Waals surface area contributed by atoms with Gasteiger partial charge in [0, 0.05) is 30.3 Å². The number of halogens is 2. The molecule has 4 rings (SSSR count). The van der Waals surface area contributed by atoms with E-state index in [-0.39, 0.29) is 24.1 Å². The molecule has 2 saturated heterocycles. The van der Waals surface area contributed by atoms with Gasteiger partial charge < -0.3 is 15.4 Å². The van der Waals surface area contributed by atoms with E-state index in [1.165, 1.54) is 25.0 Å². The number of carbonyl (C=O) groups is 1. The van der Waals surface area contributed by atoms with Crippen LogP contribution in [0.5, 0.6) is 11.5 Å². The lowest BCUT2D eigenvalue weighted by Gasteiger charge is -2.28. The van der Waals surface area contributed by atoms with Gasteiger partial charge in [-0.1, -0.05) is 6.07 Å². The van der Waals surface area contributed by atoms with Crippen molar-refractivity contribution in [3.05, 3.63) is 54.3 Å². The highest BCUT2D eigenvalue weighted by Gasteiger charge is 2.34. The van der Waals surface area contributed by atoms with Gasteiger partial charge in [0.1, 0.15) is 17.3 Å². The third-order valence-corrected chi connectivity index (χ3v) is 5.21. The lowest BCUT2D eigenvalue weighted by atomic mass is 9.89. The number of hydrogen-bond acceptors (Lipinski definition) is 3. The van der Waals surface area contributed by atoms with Gasteiger partial charge in [-0.05, 0) is 68.0 Å². The molecule has 2 aliphatic rings. The van der Waals surface area contributed by atoms with Crippen molar-refractivity contribution >= 4 is 24.0 Å². The molecule has 2 bridgehead atoms. The van der Waals surface area contributed by atoms with Crippen LogP contribution >= 0.6 is 12.4 Å². The minimum atomic E-state index is -0.335. The molecule has 2 fully saturated rings. The van der Waals surface area contributed by atoms with Gasteiger partial charge in [-0.25, -0.2) is 4.39 Å². The monoisotopic (exact) mass is 390 g/mol. The van der Waals surface area contributed by atoms with Crippen LogP contribution in [0.4, 0.5) is 10.1 Å². The zero-order valence-corrected chi connectivity index (χ0v) is 15.8. The SMILES string of the molecule is Cl.O=C(CC1CC2CCC(C1)N2)Nc1ccc(Oc2cccc(F)c2)cc1. The van der Waals surface area contributed by atoms with Crippen LogP contribution in [0.25, 0.3) is 0 Å². The summed E-state index contributed by atoms with van der Waals surface area (Å²) in [5.74, 6) is 1.25. The van der Waals surface area contributed by atoms with Crippen LogP contribution in [0.1, 0.15) is 32.1 Å². The number of fused-ring (bicyclic) bond motifs is 2. The van der Waals surface area contributed by atoms with Gasteiger partial charge in [0.25, 0.3) is 0 Å². The zero-order chi connectivity index (χ0) is 17.9. The van der Waals surface area contributed by atoms with Crippen LogP contribution in [-0.2, 0) is 4.79 Å². The van der Waals surface area contributed by atoms with Crippen molar-refractivity contribution < 1.29 is 13.9 Å². The van der Waals surface area contributed by atoms with Crippen LogP contribution in [0.2, 0.25) is 0 Å². The number of anilines is 1. The van der Waals surface area contributed by atoms with E-state index in [1.54, 1.807) is 36.4 Å². The first kappa shape index (κ1) is 19.6. The molecular weight excluding hydrogens is 367 g/mol. The van der Waals surface area contributed by atoms with Crippen molar-refractivity contribution in [1.29, 1.82) is 0 Å². The van der Waals surface area contributed by atoms with Gasteiger partial charge in [0.05, 0.1) is 0 Å². The lowest BCUT2D eigenvalue weighted by Crippen LogP contribution is -2.39. The molecule has 1 amide bonds. The summed E-state index contributed by atoms with van der Waals surface area (Å²) in [7, 11) is 0. The van der Waals surface area contributed by atoms with Gasteiger partial charge in [0.2, 0.25) is 5.91 Å².